The Morgan fingerprint density at radius 2 is 1.95 bits per heavy atom. The van der Waals surface area contributed by atoms with Gasteiger partial charge in [0.25, 0.3) is 0 Å². The number of nitrogens with zero attached hydrogens (tertiary/aromatic N) is 5. The molecule has 1 aromatic carbocycles. The van der Waals surface area contributed by atoms with E-state index >= 15 is 0 Å². The molecule has 2 heterocycles. The molecule has 0 radical (unpaired) electrons. The molecule has 21 heavy (non-hydrogen) atoms. The second-order valence-electron chi connectivity index (χ2n) is 4.67. The van der Waals surface area contributed by atoms with Crippen LogP contribution < -0.4 is 0 Å². The molecule has 0 spiro atoms. The van der Waals surface area contributed by atoms with Gasteiger partial charge in [0, 0.05) is 18.0 Å². The smallest absolute Gasteiger partial charge is 0.190 e. The van der Waals surface area contributed by atoms with E-state index in [1.54, 1.807) is 17.1 Å². The Morgan fingerprint density at radius 3 is 2.62 bits per heavy atom. The molecule has 0 aliphatic carbocycles. The van der Waals surface area contributed by atoms with Gasteiger partial charge in [0.2, 0.25) is 0 Å². The highest BCUT2D eigenvalue weighted by Gasteiger charge is 2.19. The fraction of sp³-hybridized carbons (Fsp3) is 0.125. The minimum atomic E-state index is -0.0176. The SMILES string of the molecule is CC(c1ccccc1)n1nnc(C#N)c1-c1cccnc1. The van der Waals surface area contributed by atoms with E-state index in [0.717, 1.165) is 11.1 Å². The lowest BCUT2D eigenvalue weighted by atomic mass is 10.1. The van der Waals surface area contributed by atoms with Crippen LogP contribution in [0.4, 0.5) is 0 Å². The van der Waals surface area contributed by atoms with Crippen molar-refractivity contribution in [3.63, 3.8) is 0 Å². The number of hydrogen-bond donors (Lipinski definition) is 0. The van der Waals surface area contributed by atoms with Crippen LogP contribution in [0.1, 0.15) is 24.2 Å². The average Bonchev–Trinajstić information content (AvgIpc) is 2.99. The van der Waals surface area contributed by atoms with Crippen molar-refractivity contribution in [1.82, 2.24) is 20.0 Å². The summed E-state index contributed by atoms with van der Waals surface area (Å²) in [6.07, 6.45) is 3.41. The van der Waals surface area contributed by atoms with Crippen molar-refractivity contribution in [2.24, 2.45) is 0 Å². The van der Waals surface area contributed by atoms with Gasteiger partial charge in [-0.3, -0.25) is 4.98 Å². The molecule has 0 fully saturated rings. The first kappa shape index (κ1) is 13.0. The van der Waals surface area contributed by atoms with E-state index in [0.29, 0.717) is 11.4 Å². The summed E-state index contributed by atoms with van der Waals surface area (Å²) >= 11 is 0. The van der Waals surface area contributed by atoms with E-state index in [-0.39, 0.29) is 6.04 Å². The minimum Gasteiger partial charge on any atom is -0.264 e. The van der Waals surface area contributed by atoms with Crippen LogP contribution in [0.3, 0.4) is 0 Å². The van der Waals surface area contributed by atoms with Crippen LogP contribution in [0.5, 0.6) is 0 Å². The van der Waals surface area contributed by atoms with Gasteiger partial charge in [0.1, 0.15) is 11.8 Å². The third-order valence-corrected chi connectivity index (χ3v) is 3.38. The molecule has 102 valence electrons. The van der Waals surface area contributed by atoms with E-state index < -0.39 is 0 Å². The van der Waals surface area contributed by atoms with Gasteiger partial charge in [-0.1, -0.05) is 35.5 Å². The molecule has 2 aromatic heterocycles. The average molecular weight is 275 g/mol. The zero-order valence-corrected chi connectivity index (χ0v) is 11.5. The van der Waals surface area contributed by atoms with Gasteiger partial charge in [-0.05, 0) is 24.6 Å². The van der Waals surface area contributed by atoms with Gasteiger partial charge >= 0.3 is 0 Å². The molecule has 1 atom stereocenters. The summed E-state index contributed by atoms with van der Waals surface area (Å²) in [7, 11) is 0. The van der Waals surface area contributed by atoms with Crippen LogP contribution in [0.15, 0.2) is 54.9 Å². The number of pyridine rings is 1. The number of rotatable bonds is 3. The first-order chi connectivity index (χ1) is 10.3. The number of benzene rings is 1. The predicted octanol–water partition coefficient (Wildman–Crippen LogP) is 2.82. The third-order valence-electron chi connectivity index (χ3n) is 3.38. The largest absolute Gasteiger partial charge is 0.264 e. The molecule has 0 saturated carbocycles. The Hall–Kier alpha value is -3.00. The van der Waals surface area contributed by atoms with Crippen LogP contribution >= 0.6 is 0 Å². The predicted molar refractivity (Wildman–Crippen MR) is 78.2 cm³/mol. The highest BCUT2D eigenvalue weighted by molar-refractivity contribution is 5.64. The Balaban J connectivity index is 2.13. The van der Waals surface area contributed by atoms with E-state index in [1.807, 2.05) is 49.4 Å². The van der Waals surface area contributed by atoms with Gasteiger partial charge in [-0.2, -0.15) is 5.26 Å². The normalized spacial score (nSPS) is 11.8. The van der Waals surface area contributed by atoms with Crippen molar-refractivity contribution < 1.29 is 0 Å². The van der Waals surface area contributed by atoms with Crippen molar-refractivity contribution >= 4 is 0 Å². The van der Waals surface area contributed by atoms with Crippen molar-refractivity contribution in [3.8, 4) is 17.3 Å². The van der Waals surface area contributed by atoms with Crippen molar-refractivity contribution in [3.05, 3.63) is 66.1 Å². The van der Waals surface area contributed by atoms with Crippen LogP contribution in [-0.2, 0) is 0 Å². The van der Waals surface area contributed by atoms with Crippen molar-refractivity contribution in [2.45, 2.75) is 13.0 Å². The minimum absolute atomic E-state index is 0.0176. The number of nitriles is 1. The molecular weight excluding hydrogens is 262 g/mol. The van der Waals surface area contributed by atoms with Gasteiger partial charge < -0.3 is 0 Å². The van der Waals surface area contributed by atoms with Crippen LogP contribution in [0.2, 0.25) is 0 Å². The zero-order valence-electron chi connectivity index (χ0n) is 11.5. The fourth-order valence-corrected chi connectivity index (χ4v) is 2.28. The van der Waals surface area contributed by atoms with E-state index in [1.165, 1.54) is 0 Å². The molecule has 3 rings (SSSR count). The van der Waals surface area contributed by atoms with Gasteiger partial charge in [0.15, 0.2) is 5.69 Å². The van der Waals surface area contributed by atoms with Crippen LogP contribution in [0, 0.1) is 11.3 Å². The molecule has 0 bridgehead atoms. The zero-order chi connectivity index (χ0) is 14.7. The molecule has 0 aliphatic rings. The lowest BCUT2D eigenvalue weighted by molar-refractivity contribution is 0.548. The van der Waals surface area contributed by atoms with E-state index in [9.17, 15) is 5.26 Å². The highest BCUT2D eigenvalue weighted by atomic mass is 15.4. The molecule has 3 aromatic rings. The van der Waals surface area contributed by atoms with E-state index in [2.05, 4.69) is 21.4 Å². The second kappa shape index (κ2) is 5.55. The maximum Gasteiger partial charge on any atom is 0.190 e. The third kappa shape index (κ3) is 2.39. The summed E-state index contributed by atoms with van der Waals surface area (Å²) in [6.45, 7) is 2.03. The summed E-state index contributed by atoms with van der Waals surface area (Å²) in [5.41, 5.74) is 2.95. The summed E-state index contributed by atoms with van der Waals surface area (Å²) in [6, 6.07) is 15.8. The maximum absolute atomic E-state index is 9.26. The Bertz CT molecular complexity index is 771. The van der Waals surface area contributed by atoms with Gasteiger partial charge in [0.05, 0.1) is 6.04 Å². The molecule has 0 saturated heterocycles. The number of hydrogen-bond acceptors (Lipinski definition) is 4. The molecule has 0 N–H and O–H groups in total. The summed E-state index contributed by atoms with van der Waals surface area (Å²) < 4.78 is 1.77. The Labute approximate surface area is 122 Å². The van der Waals surface area contributed by atoms with Gasteiger partial charge in [-0.15, -0.1) is 5.10 Å². The first-order valence-electron chi connectivity index (χ1n) is 6.62. The molecule has 0 amide bonds. The standard InChI is InChI=1S/C16H13N5/c1-12(13-6-3-2-4-7-13)21-16(15(10-17)19-20-21)14-8-5-9-18-11-14/h2-9,11-12H,1H3. The molecule has 0 aliphatic heterocycles. The highest BCUT2D eigenvalue weighted by Crippen LogP contribution is 2.26. The Kier molecular flexibility index (Phi) is 3.44. The topological polar surface area (TPSA) is 67.4 Å². The van der Waals surface area contributed by atoms with Crippen LogP contribution in [0.25, 0.3) is 11.3 Å². The molecule has 5 nitrogen and oxygen atoms in total. The lowest BCUT2D eigenvalue weighted by Crippen LogP contribution is -2.10. The van der Waals surface area contributed by atoms with Crippen molar-refractivity contribution in [2.75, 3.05) is 0 Å². The maximum atomic E-state index is 9.26. The number of aromatic nitrogens is 4. The first-order valence-corrected chi connectivity index (χ1v) is 6.62. The summed E-state index contributed by atoms with van der Waals surface area (Å²) in [5.74, 6) is 0. The molecular formula is C16H13N5. The lowest BCUT2D eigenvalue weighted by Gasteiger charge is -2.15. The van der Waals surface area contributed by atoms with Crippen molar-refractivity contribution in [1.29, 1.82) is 5.26 Å². The quantitative estimate of drug-likeness (QED) is 0.737. The second-order valence-corrected chi connectivity index (χ2v) is 4.67. The van der Waals surface area contributed by atoms with Crippen LogP contribution in [-0.4, -0.2) is 20.0 Å². The Morgan fingerprint density at radius 1 is 1.14 bits per heavy atom. The summed E-state index contributed by atoms with van der Waals surface area (Å²) in [4.78, 5) is 4.11. The molecule has 5 heteroatoms. The fourth-order valence-electron chi connectivity index (χ4n) is 2.28. The van der Waals surface area contributed by atoms with E-state index in [4.69, 9.17) is 0 Å². The molecule has 1 unspecified atom stereocenters. The summed E-state index contributed by atoms with van der Waals surface area (Å²) in [5, 5.41) is 17.4. The van der Waals surface area contributed by atoms with Gasteiger partial charge in [-0.25, -0.2) is 4.68 Å². The monoisotopic (exact) mass is 275 g/mol.